The highest BCUT2D eigenvalue weighted by Crippen LogP contribution is 2.40. The normalized spacial score (nSPS) is 21.0. The number of rotatable bonds is 2. The molecular weight excluding hydrogens is 270 g/mol. The van der Waals surface area contributed by atoms with Gasteiger partial charge < -0.3 is 10.0 Å². The van der Waals surface area contributed by atoms with E-state index in [0.717, 1.165) is 18.4 Å². The SMILES string of the molecule is Cc1cccc([C@H]2C[C@H](N(C)C)Cc3cc(C)c(O)cc32)c1. The third-order valence-electron chi connectivity index (χ3n) is 4.97. The van der Waals surface area contributed by atoms with E-state index in [-0.39, 0.29) is 0 Å². The number of fused-ring (bicyclic) bond motifs is 1. The first-order valence-corrected chi connectivity index (χ1v) is 8.01. The first kappa shape index (κ1) is 15.1. The molecule has 0 radical (unpaired) electrons. The second kappa shape index (κ2) is 5.77. The first-order valence-electron chi connectivity index (χ1n) is 8.01. The van der Waals surface area contributed by atoms with Crippen LogP contribution in [0.3, 0.4) is 0 Å². The monoisotopic (exact) mass is 295 g/mol. The molecule has 22 heavy (non-hydrogen) atoms. The molecule has 0 spiro atoms. The molecule has 3 rings (SSSR count). The molecule has 1 aliphatic rings. The van der Waals surface area contributed by atoms with Crippen molar-refractivity contribution < 1.29 is 5.11 Å². The smallest absolute Gasteiger partial charge is 0.118 e. The van der Waals surface area contributed by atoms with E-state index in [2.05, 4.69) is 56.3 Å². The summed E-state index contributed by atoms with van der Waals surface area (Å²) in [5.41, 5.74) is 6.30. The van der Waals surface area contributed by atoms with Crippen LogP contribution < -0.4 is 0 Å². The van der Waals surface area contributed by atoms with Crippen LogP contribution in [0.4, 0.5) is 0 Å². The molecule has 2 nitrogen and oxygen atoms in total. The van der Waals surface area contributed by atoms with Crippen molar-refractivity contribution in [1.29, 1.82) is 0 Å². The fraction of sp³-hybridized carbons (Fsp3) is 0.400. The maximum atomic E-state index is 10.2. The van der Waals surface area contributed by atoms with Crippen LogP contribution in [0.15, 0.2) is 36.4 Å². The van der Waals surface area contributed by atoms with Gasteiger partial charge in [0.25, 0.3) is 0 Å². The molecule has 0 unspecified atom stereocenters. The molecule has 0 saturated carbocycles. The number of phenols is 1. The number of hydrogen-bond acceptors (Lipinski definition) is 2. The summed E-state index contributed by atoms with van der Waals surface area (Å²) < 4.78 is 0. The summed E-state index contributed by atoms with van der Waals surface area (Å²) in [7, 11) is 4.33. The van der Waals surface area contributed by atoms with Crippen molar-refractivity contribution >= 4 is 0 Å². The Morgan fingerprint density at radius 1 is 1.09 bits per heavy atom. The van der Waals surface area contributed by atoms with Crippen molar-refractivity contribution in [2.24, 2.45) is 0 Å². The summed E-state index contributed by atoms with van der Waals surface area (Å²) in [6, 6.07) is 13.5. The highest BCUT2D eigenvalue weighted by molar-refractivity contribution is 5.48. The lowest BCUT2D eigenvalue weighted by molar-refractivity contribution is 0.258. The van der Waals surface area contributed by atoms with Crippen molar-refractivity contribution in [3.8, 4) is 5.75 Å². The Labute approximate surface area is 133 Å². The van der Waals surface area contributed by atoms with Crippen LogP contribution in [0.25, 0.3) is 0 Å². The van der Waals surface area contributed by atoms with Gasteiger partial charge in [0.2, 0.25) is 0 Å². The highest BCUT2D eigenvalue weighted by Gasteiger charge is 2.30. The average Bonchev–Trinajstić information content (AvgIpc) is 2.47. The van der Waals surface area contributed by atoms with Crippen LogP contribution in [0.5, 0.6) is 5.75 Å². The number of aromatic hydroxyl groups is 1. The van der Waals surface area contributed by atoms with Crippen molar-refractivity contribution in [3.63, 3.8) is 0 Å². The molecule has 0 aromatic heterocycles. The van der Waals surface area contributed by atoms with E-state index in [4.69, 9.17) is 0 Å². The van der Waals surface area contributed by atoms with E-state index < -0.39 is 0 Å². The molecule has 2 atom stereocenters. The summed E-state index contributed by atoms with van der Waals surface area (Å²) in [6.45, 7) is 4.12. The molecule has 0 heterocycles. The summed E-state index contributed by atoms with van der Waals surface area (Å²) >= 11 is 0. The minimum atomic E-state index is 0.363. The van der Waals surface area contributed by atoms with Gasteiger partial charge in [-0.3, -0.25) is 0 Å². The van der Waals surface area contributed by atoms with Crippen LogP contribution >= 0.6 is 0 Å². The lowest BCUT2D eigenvalue weighted by Gasteiger charge is -2.36. The molecule has 0 aliphatic heterocycles. The van der Waals surface area contributed by atoms with Gasteiger partial charge in [0.1, 0.15) is 5.75 Å². The molecule has 0 saturated heterocycles. The Kier molecular flexibility index (Phi) is 3.96. The number of hydrogen-bond donors (Lipinski definition) is 1. The zero-order valence-corrected chi connectivity index (χ0v) is 13.9. The van der Waals surface area contributed by atoms with Gasteiger partial charge in [-0.05, 0) is 69.1 Å². The van der Waals surface area contributed by atoms with Crippen LogP contribution in [-0.2, 0) is 6.42 Å². The molecule has 1 N–H and O–H groups in total. The van der Waals surface area contributed by atoms with Gasteiger partial charge >= 0.3 is 0 Å². The molecule has 0 fully saturated rings. The number of likely N-dealkylation sites (N-methyl/N-ethyl adjacent to an activating group) is 1. The Morgan fingerprint density at radius 3 is 2.55 bits per heavy atom. The van der Waals surface area contributed by atoms with Crippen molar-refractivity contribution in [2.45, 2.75) is 38.6 Å². The maximum Gasteiger partial charge on any atom is 0.118 e. The van der Waals surface area contributed by atoms with E-state index in [1.807, 2.05) is 13.0 Å². The Hall–Kier alpha value is -1.80. The molecule has 116 valence electrons. The third kappa shape index (κ3) is 2.76. The third-order valence-corrected chi connectivity index (χ3v) is 4.97. The van der Waals surface area contributed by atoms with Crippen LogP contribution in [0, 0.1) is 13.8 Å². The van der Waals surface area contributed by atoms with Gasteiger partial charge in [0, 0.05) is 12.0 Å². The van der Waals surface area contributed by atoms with Crippen molar-refractivity contribution in [2.75, 3.05) is 14.1 Å². The van der Waals surface area contributed by atoms with E-state index >= 15 is 0 Å². The quantitative estimate of drug-likeness (QED) is 0.904. The van der Waals surface area contributed by atoms with Gasteiger partial charge in [0.05, 0.1) is 0 Å². The Bertz CT molecular complexity index is 690. The maximum absolute atomic E-state index is 10.2. The fourth-order valence-corrected chi connectivity index (χ4v) is 3.61. The summed E-state index contributed by atoms with van der Waals surface area (Å²) in [4.78, 5) is 2.33. The summed E-state index contributed by atoms with van der Waals surface area (Å²) in [5.74, 6) is 0.780. The molecule has 1 aliphatic carbocycles. The second-order valence-corrected chi connectivity index (χ2v) is 6.86. The number of aryl methyl sites for hydroxylation is 2. The zero-order chi connectivity index (χ0) is 15.9. The van der Waals surface area contributed by atoms with Gasteiger partial charge in [-0.25, -0.2) is 0 Å². The average molecular weight is 295 g/mol. The molecule has 2 aromatic rings. The zero-order valence-electron chi connectivity index (χ0n) is 13.9. The van der Waals surface area contributed by atoms with E-state index in [1.165, 1.54) is 22.3 Å². The largest absolute Gasteiger partial charge is 0.508 e. The standard InChI is InChI=1S/C20H25NO/c1-13-6-5-7-15(8-13)18-11-17(21(3)4)10-16-9-14(2)20(22)12-19(16)18/h5-9,12,17-18,22H,10-11H2,1-4H3/t17-,18-/m1/s1. The van der Waals surface area contributed by atoms with Crippen molar-refractivity contribution in [1.82, 2.24) is 4.90 Å². The first-order chi connectivity index (χ1) is 10.5. The van der Waals surface area contributed by atoms with Crippen LogP contribution in [0.2, 0.25) is 0 Å². The van der Waals surface area contributed by atoms with E-state index in [1.54, 1.807) is 0 Å². The lowest BCUT2D eigenvalue weighted by Crippen LogP contribution is -2.35. The lowest BCUT2D eigenvalue weighted by atomic mass is 9.75. The number of nitrogens with zero attached hydrogens (tertiary/aromatic N) is 1. The van der Waals surface area contributed by atoms with Gasteiger partial charge in [-0.1, -0.05) is 35.9 Å². The molecule has 0 bridgehead atoms. The molecule has 0 amide bonds. The summed E-state index contributed by atoms with van der Waals surface area (Å²) in [6.07, 6.45) is 2.16. The fourth-order valence-electron chi connectivity index (χ4n) is 3.61. The molecule has 2 aromatic carbocycles. The minimum Gasteiger partial charge on any atom is -0.508 e. The second-order valence-electron chi connectivity index (χ2n) is 6.86. The minimum absolute atomic E-state index is 0.363. The van der Waals surface area contributed by atoms with Gasteiger partial charge in [0.15, 0.2) is 0 Å². The van der Waals surface area contributed by atoms with Gasteiger partial charge in [-0.2, -0.15) is 0 Å². The summed E-state index contributed by atoms with van der Waals surface area (Å²) in [5, 5.41) is 10.2. The predicted molar refractivity (Wildman–Crippen MR) is 91.7 cm³/mol. The number of benzene rings is 2. The topological polar surface area (TPSA) is 23.5 Å². The van der Waals surface area contributed by atoms with Gasteiger partial charge in [-0.15, -0.1) is 0 Å². The Balaban J connectivity index is 2.11. The molecule has 2 heteroatoms. The van der Waals surface area contributed by atoms with Crippen LogP contribution in [-0.4, -0.2) is 30.1 Å². The number of phenolic OH excluding ortho intramolecular Hbond substituents is 1. The van der Waals surface area contributed by atoms with E-state index in [9.17, 15) is 5.11 Å². The highest BCUT2D eigenvalue weighted by atomic mass is 16.3. The van der Waals surface area contributed by atoms with Crippen molar-refractivity contribution in [3.05, 3.63) is 64.2 Å². The van der Waals surface area contributed by atoms with Crippen LogP contribution in [0.1, 0.15) is 40.2 Å². The molecular formula is C20H25NO. The predicted octanol–water partition coefficient (Wildman–Crippen LogP) is 4.02. The Morgan fingerprint density at radius 2 is 1.86 bits per heavy atom. The van der Waals surface area contributed by atoms with E-state index in [0.29, 0.717) is 17.7 Å².